The van der Waals surface area contributed by atoms with Crippen LogP contribution in [0.15, 0.2) is 47.4 Å². The van der Waals surface area contributed by atoms with Crippen molar-refractivity contribution in [1.29, 1.82) is 0 Å². The van der Waals surface area contributed by atoms with Gasteiger partial charge in [-0.3, -0.25) is 20.3 Å². The largest absolute Gasteiger partial charge is 0.278 e. The molecule has 30 heavy (non-hydrogen) atoms. The molecule has 1 heterocycles. The van der Waals surface area contributed by atoms with E-state index in [2.05, 4.69) is 10.4 Å². The summed E-state index contributed by atoms with van der Waals surface area (Å²) in [5.41, 5.74) is 3.90. The number of aromatic nitrogens is 1. The van der Waals surface area contributed by atoms with Crippen LogP contribution in [0.3, 0.4) is 0 Å². The van der Waals surface area contributed by atoms with Crippen LogP contribution >= 0.6 is 11.3 Å². The Morgan fingerprint density at radius 3 is 2.43 bits per heavy atom. The van der Waals surface area contributed by atoms with Gasteiger partial charge in [-0.15, -0.1) is 16.2 Å². The fourth-order valence-corrected chi connectivity index (χ4v) is 4.87. The molecule has 0 radical (unpaired) electrons. The van der Waals surface area contributed by atoms with Crippen molar-refractivity contribution in [3.8, 4) is 10.6 Å². The fraction of sp³-hybridized carbons (Fsp3) is 0.158. The third-order valence-electron chi connectivity index (χ3n) is 4.43. The van der Waals surface area contributed by atoms with Crippen LogP contribution in [0.5, 0.6) is 0 Å². The van der Waals surface area contributed by atoms with Crippen molar-refractivity contribution in [2.24, 2.45) is 0 Å². The highest BCUT2D eigenvalue weighted by Gasteiger charge is 2.24. The van der Waals surface area contributed by atoms with Crippen molar-refractivity contribution in [2.75, 3.05) is 0 Å². The van der Waals surface area contributed by atoms with Crippen molar-refractivity contribution < 1.29 is 18.1 Å². The number of nitrogens with one attached hydrogen (secondary N) is 2. The number of nitro groups is 1. The minimum Gasteiger partial charge on any atom is -0.273 e. The molecule has 11 heteroatoms. The third kappa shape index (κ3) is 4.37. The molecule has 0 atom stereocenters. The number of nitrogens with zero attached hydrogens (tertiary/aromatic N) is 2. The Kier molecular flexibility index (Phi) is 5.97. The lowest BCUT2D eigenvalue weighted by atomic mass is 10.1. The topological polar surface area (TPSA) is 131 Å². The molecule has 3 rings (SSSR count). The molecule has 156 valence electrons. The van der Waals surface area contributed by atoms with Gasteiger partial charge < -0.3 is 0 Å². The quantitative estimate of drug-likeness (QED) is 0.441. The predicted molar refractivity (Wildman–Crippen MR) is 113 cm³/mol. The normalized spacial score (nSPS) is 11.3. The number of hydrogen-bond donors (Lipinski definition) is 2. The summed E-state index contributed by atoms with van der Waals surface area (Å²) in [6.45, 7) is 4.76. The minimum absolute atomic E-state index is 0.253. The molecule has 0 aliphatic carbocycles. The zero-order valence-corrected chi connectivity index (χ0v) is 17.9. The number of carbonyl (C=O) groups excluding carboxylic acids is 1. The third-order valence-corrected chi connectivity index (χ3v) is 7.01. The average Bonchev–Trinajstić information content (AvgIpc) is 3.10. The van der Waals surface area contributed by atoms with Crippen molar-refractivity contribution in [3.05, 3.63) is 74.3 Å². The first-order valence-corrected chi connectivity index (χ1v) is 11.0. The van der Waals surface area contributed by atoms with Gasteiger partial charge in [-0.25, -0.2) is 13.4 Å². The highest BCUT2D eigenvalue weighted by atomic mass is 32.2. The van der Waals surface area contributed by atoms with Gasteiger partial charge in [-0.05, 0) is 31.9 Å². The number of non-ortho nitro benzene ring substituents is 1. The van der Waals surface area contributed by atoms with Gasteiger partial charge >= 0.3 is 0 Å². The first-order chi connectivity index (χ1) is 14.1. The molecular formula is C19H18N4O5S2. The summed E-state index contributed by atoms with van der Waals surface area (Å²) < 4.78 is 25.3. The van der Waals surface area contributed by atoms with E-state index < -0.39 is 20.9 Å². The van der Waals surface area contributed by atoms with Crippen LogP contribution in [0.25, 0.3) is 10.6 Å². The van der Waals surface area contributed by atoms with Gasteiger partial charge in [0.2, 0.25) is 0 Å². The first-order valence-electron chi connectivity index (χ1n) is 8.71. The molecule has 2 aromatic carbocycles. The standard InChI is InChI=1S/C19H18N4O5S2/c1-11-9-15(23(25)26)10-16(12(11)2)30(27,28)22-21-18(24)17-13(3)20-19(29-17)14-7-5-4-6-8-14/h4-10,22H,1-3H3,(H,21,24). The average molecular weight is 447 g/mol. The van der Waals surface area contributed by atoms with E-state index in [0.29, 0.717) is 21.8 Å². The van der Waals surface area contributed by atoms with Crippen LogP contribution in [-0.2, 0) is 10.0 Å². The van der Waals surface area contributed by atoms with E-state index in [-0.39, 0.29) is 15.5 Å². The highest BCUT2D eigenvalue weighted by Crippen LogP contribution is 2.28. The molecule has 1 aromatic heterocycles. The number of rotatable bonds is 6. The lowest BCUT2D eigenvalue weighted by Gasteiger charge is -2.11. The second-order valence-electron chi connectivity index (χ2n) is 6.50. The SMILES string of the molecule is Cc1cc([N+](=O)[O-])cc(S(=O)(=O)NNC(=O)c2sc(-c3ccccc3)nc2C)c1C. The molecular weight excluding hydrogens is 428 g/mol. The number of aryl methyl sites for hydroxylation is 2. The van der Waals surface area contributed by atoms with Crippen molar-refractivity contribution in [2.45, 2.75) is 25.7 Å². The van der Waals surface area contributed by atoms with Crippen molar-refractivity contribution in [3.63, 3.8) is 0 Å². The zero-order chi connectivity index (χ0) is 22.1. The lowest BCUT2D eigenvalue weighted by Crippen LogP contribution is -2.41. The number of carbonyl (C=O) groups is 1. The van der Waals surface area contributed by atoms with Gasteiger partial charge in [0.05, 0.1) is 15.5 Å². The summed E-state index contributed by atoms with van der Waals surface area (Å²) in [7, 11) is -4.23. The molecule has 0 saturated carbocycles. The smallest absolute Gasteiger partial charge is 0.273 e. The maximum absolute atomic E-state index is 12.7. The van der Waals surface area contributed by atoms with E-state index in [9.17, 15) is 23.3 Å². The van der Waals surface area contributed by atoms with E-state index in [4.69, 9.17) is 0 Å². The predicted octanol–water partition coefficient (Wildman–Crippen LogP) is 3.27. The van der Waals surface area contributed by atoms with E-state index in [1.54, 1.807) is 13.8 Å². The fourth-order valence-electron chi connectivity index (χ4n) is 2.73. The number of hydrogen-bond acceptors (Lipinski definition) is 7. The monoisotopic (exact) mass is 446 g/mol. The van der Waals surface area contributed by atoms with Gasteiger partial charge in [0.1, 0.15) is 9.88 Å². The molecule has 0 saturated heterocycles. The molecule has 1 amide bonds. The van der Waals surface area contributed by atoms with Crippen molar-refractivity contribution >= 4 is 33.0 Å². The Morgan fingerprint density at radius 2 is 1.80 bits per heavy atom. The Bertz CT molecular complexity index is 1240. The highest BCUT2D eigenvalue weighted by molar-refractivity contribution is 7.89. The number of sulfonamides is 1. The Hall–Kier alpha value is -3.15. The summed E-state index contributed by atoms with van der Waals surface area (Å²) in [6, 6.07) is 11.5. The Morgan fingerprint density at radius 1 is 1.13 bits per heavy atom. The van der Waals surface area contributed by atoms with Crippen LogP contribution in [0.4, 0.5) is 5.69 Å². The molecule has 0 aliphatic heterocycles. The first kappa shape index (κ1) is 21.6. The summed E-state index contributed by atoms with van der Waals surface area (Å²) in [5, 5.41) is 11.7. The molecule has 0 spiro atoms. The van der Waals surface area contributed by atoms with E-state index >= 15 is 0 Å². The Labute approximate surface area is 177 Å². The molecule has 2 N–H and O–H groups in total. The molecule has 3 aromatic rings. The number of thiazole rings is 1. The van der Waals surface area contributed by atoms with Gasteiger partial charge in [0, 0.05) is 17.7 Å². The van der Waals surface area contributed by atoms with Gasteiger partial charge in [-0.1, -0.05) is 30.3 Å². The zero-order valence-electron chi connectivity index (χ0n) is 16.3. The number of benzene rings is 2. The second-order valence-corrected chi connectivity index (χ2v) is 9.15. The molecule has 0 bridgehead atoms. The number of hydrazine groups is 1. The molecule has 0 aliphatic rings. The maximum atomic E-state index is 12.7. The van der Waals surface area contributed by atoms with Gasteiger partial charge in [0.15, 0.2) is 0 Å². The van der Waals surface area contributed by atoms with E-state index in [1.165, 1.54) is 13.0 Å². The van der Waals surface area contributed by atoms with Crippen molar-refractivity contribution in [1.82, 2.24) is 15.2 Å². The molecule has 9 nitrogen and oxygen atoms in total. The van der Waals surface area contributed by atoms with Crippen LogP contribution < -0.4 is 10.3 Å². The van der Waals surface area contributed by atoms with Crippen LogP contribution in [0.1, 0.15) is 26.5 Å². The number of amides is 1. The molecule has 0 unspecified atom stereocenters. The summed E-state index contributed by atoms with van der Waals surface area (Å²) in [5.74, 6) is -0.671. The lowest BCUT2D eigenvalue weighted by molar-refractivity contribution is -0.385. The summed E-state index contributed by atoms with van der Waals surface area (Å²) in [6.07, 6.45) is 0. The van der Waals surface area contributed by atoms with E-state index in [1.807, 2.05) is 35.2 Å². The van der Waals surface area contributed by atoms with Crippen LogP contribution in [0, 0.1) is 30.9 Å². The molecule has 0 fully saturated rings. The Balaban J connectivity index is 1.83. The van der Waals surface area contributed by atoms with Crippen LogP contribution in [0.2, 0.25) is 0 Å². The van der Waals surface area contributed by atoms with Crippen LogP contribution in [-0.4, -0.2) is 24.2 Å². The van der Waals surface area contributed by atoms with E-state index in [0.717, 1.165) is 23.0 Å². The second kappa shape index (κ2) is 8.30. The summed E-state index contributed by atoms with van der Waals surface area (Å²) >= 11 is 1.13. The summed E-state index contributed by atoms with van der Waals surface area (Å²) in [4.78, 5) is 29.3. The number of nitro benzene ring substituents is 1. The maximum Gasteiger partial charge on any atom is 0.278 e. The van der Waals surface area contributed by atoms with Gasteiger partial charge in [-0.2, -0.15) is 0 Å². The van der Waals surface area contributed by atoms with Gasteiger partial charge in [0.25, 0.3) is 21.6 Å². The minimum atomic E-state index is -4.23.